The third-order valence-corrected chi connectivity index (χ3v) is 4.75. The Balaban J connectivity index is 1.72. The monoisotopic (exact) mass is 300 g/mol. The second-order valence-electron chi connectivity index (χ2n) is 4.28. The molecule has 0 unspecified atom stereocenters. The standard InChI is InChI=1S/C15H12N2OS2/c1-10-8-9-19-12(10)6-7-14(18)17-15-16-11-4-2-3-5-13(11)20-15/h2-9H,1H3,(H,16,17,18)/b7-6+. The summed E-state index contributed by atoms with van der Waals surface area (Å²) in [6.45, 7) is 2.03. The number of aromatic nitrogens is 1. The lowest BCUT2D eigenvalue weighted by atomic mass is 10.3. The van der Waals surface area contributed by atoms with Crippen LogP contribution in [0.5, 0.6) is 0 Å². The van der Waals surface area contributed by atoms with Crippen molar-refractivity contribution in [1.82, 2.24) is 4.98 Å². The van der Waals surface area contributed by atoms with E-state index in [4.69, 9.17) is 0 Å². The molecule has 100 valence electrons. The van der Waals surface area contributed by atoms with Crippen LogP contribution >= 0.6 is 22.7 Å². The minimum atomic E-state index is -0.156. The first-order chi connectivity index (χ1) is 9.72. The minimum absolute atomic E-state index is 0.156. The van der Waals surface area contributed by atoms with Crippen molar-refractivity contribution in [2.75, 3.05) is 5.32 Å². The highest BCUT2D eigenvalue weighted by atomic mass is 32.1. The van der Waals surface area contributed by atoms with Crippen LogP contribution in [0.3, 0.4) is 0 Å². The molecule has 0 fully saturated rings. The summed E-state index contributed by atoms with van der Waals surface area (Å²) >= 11 is 3.10. The van der Waals surface area contributed by atoms with Gasteiger partial charge < -0.3 is 0 Å². The van der Waals surface area contributed by atoms with Gasteiger partial charge in [-0.05, 0) is 42.1 Å². The fraction of sp³-hybridized carbons (Fsp3) is 0.0667. The highest BCUT2D eigenvalue weighted by molar-refractivity contribution is 7.22. The summed E-state index contributed by atoms with van der Waals surface area (Å²) in [5, 5.41) is 5.44. The van der Waals surface area contributed by atoms with Gasteiger partial charge in [-0.2, -0.15) is 0 Å². The van der Waals surface area contributed by atoms with Gasteiger partial charge in [-0.3, -0.25) is 10.1 Å². The molecule has 0 atom stereocenters. The van der Waals surface area contributed by atoms with E-state index in [0.29, 0.717) is 5.13 Å². The molecule has 1 aromatic carbocycles. The molecule has 0 radical (unpaired) electrons. The Morgan fingerprint density at radius 2 is 2.15 bits per heavy atom. The number of nitrogens with zero attached hydrogens (tertiary/aromatic N) is 1. The lowest BCUT2D eigenvalue weighted by Gasteiger charge is -1.95. The van der Waals surface area contributed by atoms with Gasteiger partial charge in [-0.1, -0.05) is 23.5 Å². The molecule has 0 saturated heterocycles. The number of anilines is 1. The van der Waals surface area contributed by atoms with E-state index in [9.17, 15) is 4.79 Å². The fourth-order valence-corrected chi connectivity index (χ4v) is 3.47. The predicted octanol–water partition coefficient (Wildman–Crippen LogP) is 4.32. The van der Waals surface area contributed by atoms with E-state index in [-0.39, 0.29) is 5.91 Å². The molecule has 3 aromatic rings. The number of hydrogen-bond donors (Lipinski definition) is 1. The zero-order valence-corrected chi connectivity index (χ0v) is 12.4. The number of hydrogen-bond acceptors (Lipinski definition) is 4. The zero-order valence-electron chi connectivity index (χ0n) is 10.8. The van der Waals surface area contributed by atoms with Crippen LogP contribution in [0.15, 0.2) is 41.8 Å². The van der Waals surface area contributed by atoms with Crippen molar-refractivity contribution in [3.8, 4) is 0 Å². The maximum absolute atomic E-state index is 11.9. The smallest absolute Gasteiger partial charge is 0.250 e. The van der Waals surface area contributed by atoms with E-state index in [1.807, 2.05) is 48.7 Å². The van der Waals surface area contributed by atoms with Crippen molar-refractivity contribution in [2.45, 2.75) is 6.92 Å². The van der Waals surface area contributed by atoms with Crippen molar-refractivity contribution >= 4 is 50.0 Å². The highest BCUT2D eigenvalue weighted by Gasteiger charge is 2.05. The molecule has 3 rings (SSSR count). The van der Waals surface area contributed by atoms with Crippen LogP contribution in [0.2, 0.25) is 0 Å². The third kappa shape index (κ3) is 2.79. The fourth-order valence-electron chi connectivity index (χ4n) is 1.78. The van der Waals surface area contributed by atoms with E-state index in [0.717, 1.165) is 15.1 Å². The lowest BCUT2D eigenvalue weighted by Crippen LogP contribution is -2.07. The molecule has 0 aliphatic carbocycles. The van der Waals surface area contributed by atoms with Crippen molar-refractivity contribution in [3.63, 3.8) is 0 Å². The molecule has 1 amide bonds. The van der Waals surface area contributed by atoms with Gasteiger partial charge >= 0.3 is 0 Å². The summed E-state index contributed by atoms with van der Waals surface area (Å²) in [4.78, 5) is 17.3. The largest absolute Gasteiger partial charge is 0.298 e. The van der Waals surface area contributed by atoms with Gasteiger partial charge in [0.2, 0.25) is 5.91 Å². The van der Waals surface area contributed by atoms with Crippen LogP contribution in [0.1, 0.15) is 10.4 Å². The molecule has 20 heavy (non-hydrogen) atoms. The zero-order chi connectivity index (χ0) is 13.9. The molecule has 0 aliphatic heterocycles. The number of thiazole rings is 1. The number of benzene rings is 1. The van der Waals surface area contributed by atoms with E-state index in [2.05, 4.69) is 10.3 Å². The molecule has 0 aliphatic rings. The lowest BCUT2D eigenvalue weighted by molar-refractivity contribution is -0.111. The molecule has 5 heteroatoms. The van der Waals surface area contributed by atoms with Crippen LogP contribution in [-0.4, -0.2) is 10.9 Å². The number of carbonyl (C=O) groups excluding carboxylic acids is 1. The Labute approximate surface area is 124 Å². The Kier molecular flexibility index (Phi) is 3.62. The van der Waals surface area contributed by atoms with Crippen LogP contribution < -0.4 is 5.32 Å². The molecule has 1 N–H and O–H groups in total. The molecule has 0 bridgehead atoms. The maximum atomic E-state index is 11.9. The van der Waals surface area contributed by atoms with E-state index in [1.165, 1.54) is 16.9 Å². The van der Waals surface area contributed by atoms with Gasteiger partial charge in [0, 0.05) is 11.0 Å². The number of para-hydroxylation sites is 1. The molecule has 2 aromatic heterocycles. The van der Waals surface area contributed by atoms with E-state index in [1.54, 1.807) is 17.4 Å². The molecule has 3 nitrogen and oxygen atoms in total. The van der Waals surface area contributed by atoms with Crippen molar-refractivity contribution in [1.29, 1.82) is 0 Å². The van der Waals surface area contributed by atoms with Gasteiger partial charge in [0.1, 0.15) is 0 Å². The number of fused-ring (bicyclic) bond motifs is 1. The summed E-state index contributed by atoms with van der Waals surface area (Å²) in [5.41, 5.74) is 2.09. The quantitative estimate of drug-likeness (QED) is 0.732. The average Bonchev–Trinajstić information content (AvgIpc) is 3.01. The van der Waals surface area contributed by atoms with E-state index < -0.39 is 0 Å². The van der Waals surface area contributed by atoms with Crippen LogP contribution in [0, 0.1) is 6.92 Å². The number of rotatable bonds is 3. The topological polar surface area (TPSA) is 42.0 Å². The van der Waals surface area contributed by atoms with Crippen molar-refractivity contribution < 1.29 is 4.79 Å². The van der Waals surface area contributed by atoms with Gasteiger partial charge in [0.25, 0.3) is 0 Å². The second-order valence-corrected chi connectivity index (χ2v) is 6.26. The van der Waals surface area contributed by atoms with Crippen molar-refractivity contribution in [3.05, 3.63) is 52.2 Å². The first kappa shape index (κ1) is 13.0. The molecule has 0 saturated carbocycles. The van der Waals surface area contributed by atoms with Gasteiger partial charge in [-0.25, -0.2) is 4.98 Å². The van der Waals surface area contributed by atoms with Gasteiger partial charge in [0.05, 0.1) is 10.2 Å². The first-order valence-corrected chi connectivity index (χ1v) is 7.81. The van der Waals surface area contributed by atoms with Crippen molar-refractivity contribution in [2.24, 2.45) is 0 Å². The maximum Gasteiger partial charge on any atom is 0.250 e. The third-order valence-electron chi connectivity index (χ3n) is 2.81. The summed E-state index contributed by atoms with van der Waals surface area (Å²) in [6, 6.07) is 9.87. The van der Waals surface area contributed by atoms with Gasteiger partial charge in [0.15, 0.2) is 5.13 Å². The predicted molar refractivity (Wildman–Crippen MR) is 86.3 cm³/mol. The Hall–Kier alpha value is -1.98. The Bertz CT molecular complexity index is 753. The number of carbonyl (C=O) groups is 1. The number of aryl methyl sites for hydroxylation is 1. The average molecular weight is 300 g/mol. The minimum Gasteiger partial charge on any atom is -0.298 e. The van der Waals surface area contributed by atoms with Gasteiger partial charge in [-0.15, -0.1) is 11.3 Å². The second kappa shape index (κ2) is 5.56. The SMILES string of the molecule is Cc1ccsc1/C=C/C(=O)Nc1nc2ccccc2s1. The van der Waals surface area contributed by atoms with Crippen LogP contribution in [-0.2, 0) is 4.79 Å². The summed E-state index contributed by atoms with van der Waals surface area (Å²) in [5.74, 6) is -0.156. The molecule has 2 heterocycles. The molecule has 0 spiro atoms. The molecular weight excluding hydrogens is 288 g/mol. The van der Waals surface area contributed by atoms with E-state index >= 15 is 0 Å². The number of amides is 1. The van der Waals surface area contributed by atoms with Crippen LogP contribution in [0.25, 0.3) is 16.3 Å². The first-order valence-electron chi connectivity index (χ1n) is 6.11. The number of nitrogens with one attached hydrogen (secondary N) is 1. The number of thiophene rings is 1. The normalized spacial score (nSPS) is 11.2. The molecular formula is C15H12N2OS2. The summed E-state index contributed by atoms with van der Waals surface area (Å²) in [6.07, 6.45) is 3.38. The summed E-state index contributed by atoms with van der Waals surface area (Å²) < 4.78 is 1.07. The highest BCUT2D eigenvalue weighted by Crippen LogP contribution is 2.25. The summed E-state index contributed by atoms with van der Waals surface area (Å²) in [7, 11) is 0. The Morgan fingerprint density at radius 3 is 2.90 bits per heavy atom. The Morgan fingerprint density at radius 1 is 1.30 bits per heavy atom. The van der Waals surface area contributed by atoms with Crippen LogP contribution in [0.4, 0.5) is 5.13 Å².